The van der Waals surface area contributed by atoms with Crippen LogP contribution >= 0.6 is 0 Å². The highest BCUT2D eigenvalue weighted by molar-refractivity contribution is 7.92. The van der Waals surface area contributed by atoms with Crippen molar-refractivity contribution in [2.24, 2.45) is 0 Å². The molecule has 0 aliphatic carbocycles. The summed E-state index contributed by atoms with van der Waals surface area (Å²) >= 11 is 0. The second-order valence-corrected chi connectivity index (χ2v) is 10.9. The molecular weight excluding hydrogens is 466 g/mol. The van der Waals surface area contributed by atoms with E-state index in [0.717, 1.165) is 17.4 Å². The normalized spacial score (nSPS) is 12.2. The number of nitrogens with zero attached hydrogens (tertiary/aromatic N) is 2. The fourth-order valence-electron chi connectivity index (χ4n) is 3.74. The molecule has 0 aliphatic rings. The highest BCUT2D eigenvalue weighted by atomic mass is 32.2. The topological polar surface area (TPSA) is 96.0 Å². The highest BCUT2D eigenvalue weighted by Crippen LogP contribution is 2.21. The molecule has 0 aliphatic heterocycles. The first-order valence-electron chi connectivity index (χ1n) is 11.7. The Morgan fingerprint density at radius 1 is 1.06 bits per heavy atom. The van der Waals surface area contributed by atoms with Gasteiger partial charge in [-0.3, -0.25) is 13.9 Å². The van der Waals surface area contributed by atoms with Crippen molar-refractivity contribution >= 4 is 27.5 Å². The molecule has 0 saturated carbocycles. The van der Waals surface area contributed by atoms with Crippen LogP contribution in [0.5, 0.6) is 5.75 Å². The monoisotopic (exact) mass is 503 g/mol. The largest absolute Gasteiger partial charge is 0.497 e. The zero-order chi connectivity index (χ0) is 26.2. The lowest BCUT2D eigenvalue weighted by molar-refractivity contribution is -0.140. The minimum Gasteiger partial charge on any atom is -0.497 e. The van der Waals surface area contributed by atoms with Crippen LogP contribution in [0.15, 0.2) is 48.5 Å². The molecule has 2 aromatic rings. The minimum atomic E-state index is -3.52. The summed E-state index contributed by atoms with van der Waals surface area (Å²) in [6, 6.07) is 13.8. The van der Waals surface area contributed by atoms with Crippen LogP contribution in [0.4, 0.5) is 5.69 Å². The summed E-state index contributed by atoms with van der Waals surface area (Å²) in [6.45, 7) is 7.72. The van der Waals surface area contributed by atoms with Gasteiger partial charge in [0.05, 0.1) is 19.1 Å². The Kier molecular flexibility index (Phi) is 10.1. The summed E-state index contributed by atoms with van der Waals surface area (Å²) < 4.78 is 31.4. The maximum Gasteiger partial charge on any atom is 0.242 e. The van der Waals surface area contributed by atoms with Gasteiger partial charge in [0.25, 0.3) is 0 Å². The number of ether oxygens (including phenoxy) is 1. The van der Waals surface area contributed by atoms with Gasteiger partial charge in [-0.1, -0.05) is 24.3 Å². The molecule has 0 saturated heterocycles. The van der Waals surface area contributed by atoms with Crippen molar-refractivity contribution in [2.45, 2.75) is 59.2 Å². The van der Waals surface area contributed by atoms with Gasteiger partial charge < -0.3 is 15.0 Å². The summed E-state index contributed by atoms with van der Waals surface area (Å²) in [5.41, 5.74) is 2.35. The average Bonchev–Trinajstić information content (AvgIpc) is 2.78. The number of benzene rings is 2. The number of aryl methyl sites for hydroxylation is 1. The lowest BCUT2D eigenvalue weighted by Crippen LogP contribution is -2.49. The molecule has 0 fully saturated rings. The number of nitrogens with one attached hydrogen (secondary N) is 1. The first kappa shape index (κ1) is 28.2. The third-order valence-electron chi connectivity index (χ3n) is 5.53. The molecule has 9 heteroatoms. The first-order chi connectivity index (χ1) is 16.4. The number of hydrogen-bond donors (Lipinski definition) is 1. The van der Waals surface area contributed by atoms with Crippen LogP contribution < -0.4 is 14.4 Å². The van der Waals surface area contributed by atoms with E-state index in [9.17, 15) is 18.0 Å². The fourth-order valence-corrected chi connectivity index (χ4v) is 4.70. The number of carbonyl (C=O) groups excluding carboxylic acids is 2. The smallest absolute Gasteiger partial charge is 0.242 e. The lowest BCUT2D eigenvalue weighted by Gasteiger charge is -2.30. The van der Waals surface area contributed by atoms with Gasteiger partial charge in [0.2, 0.25) is 21.8 Å². The predicted octanol–water partition coefficient (Wildman–Crippen LogP) is 3.49. The van der Waals surface area contributed by atoms with Crippen molar-refractivity contribution in [3.8, 4) is 5.75 Å². The third-order valence-corrected chi connectivity index (χ3v) is 6.72. The molecule has 0 spiro atoms. The van der Waals surface area contributed by atoms with Gasteiger partial charge in [-0.2, -0.15) is 0 Å². The van der Waals surface area contributed by atoms with E-state index in [1.807, 2.05) is 51.1 Å². The van der Waals surface area contributed by atoms with E-state index in [1.54, 1.807) is 32.2 Å². The zero-order valence-corrected chi connectivity index (χ0v) is 22.3. The minimum absolute atomic E-state index is 0.0589. The number of methoxy groups -OCH3 is 1. The van der Waals surface area contributed by atoms with Crippen LogP contribution in [-0.2, 0) is 26.2 Å². The summed E-state index contributed by atoms with van der Waals surface area (Å²) in [7, 11) is -1.95. The Bertz CT molecular complexity index is 1120. The van der Waals surface area contributed by atoms with Gasteiger partial charge in [0.15, 0.2) is 0 Å². The third kappa shape index (κ3) is 8.58. The van der Waals surface area contributed by atoms with Crippen LogP contribution in [-0.4, -0.2) is 57.1 Å². The molecule has 0 aromatic heterocycles. The zero-order valence-electron chi connectivity index (χ0n) is 21.4. The van der Waals surface area contributed by atoms with Crippen molar-refractivity contribution in [2.75, 3.05) is 24.2 Å². The molecule has 0 heterocycles. The Hall–Kier alpha value is -3.07. The van der Waals surface area contributed by atoms with E-state index < -0.39 is 16.1 Å². The predicted molar refractivity (Wildman–Crippen MR) is 139 cm³/mol. The molecular formula is C26H37N3O5S. The Labute approximate surface area is 209 Å². The summed E-state index contributed by atoms with van der Waals surface area (Å²) in [4.78, 5) is 27.6. The van der Waals surface area contributed by atoms with Gasteiger partial charge in [-0.15, -0.1) is 0 Å². The van der Waals surface area contributed by atoms with Crippen LogP contribution in [0.1, 0.15) is 44.7 Å². The summed E-state index contributed by atoms with van der Waals surface area (Å²) in [6.07, 6.45) is 1.57. The van der Waals surface area contributed by atoms with Crippen molar-refractivity contribution in [1.29, 1.82) is 0 Å². The van der Waals surface area contributed by atoms with Crippen LogP contribution in [0.2, 0.25) is 0 Å². The second-order valence-electron chi connectivity index (χ2n) is 8.99. The van der Waals surface area contributed by atoms with Crippen molar-refractivity contribution < 1.29 is 22.7 Å². The van der Waals surface area contributed by atoms with Gasteiger partial charge >= 0.3 is 0 Å². The van der Waals surface area contributed by atoms with Crippen molar-refractivity contribution in [3.05, 3.63) is 59.7 Å². The number of hydrogen-bond acceptors (Lipinski definition) is 5. The first-order valence-corrected chi connectivity index (χ1v) is 13.5. The van der Waals surface area contributed by atoms with E-state index in [-0.39, 0.29) is 37.4 Å². The molecule has 0 unspecified atom stereocenters. The van der Waals surface area contributed by atoms with Crippen molar-refractivity contribution in [3.63, 3.8) is 0 Å². The van der Waals surface area contributed by atoms with Gasteiger partial charge in [-0.25, -0.2) is 8.42 Å². The molecule has 0 radical (unpaired) electrons. The summed E-state index contributed by atoms with van der Waals surface area (Å²) in [5, 5.41) is 2.86. The van der Waals surface area contributed by atoms with E-state index in [4.69, 9.17) is 4.74 Å². The maximum absolute atomic E-state index is 13.3. The van der Waals surface area contributed by atoms with E-state index >= 15 is 0 Å². The number of amides is 2. The molecule has 2 rings (SSSR count). The van der Waals surface area contributed by atoms with E-state index in [2.05, 4.69) is 5.32 Å². The standard InChI is InChI=1S/C26H37N3O5S/c1-19(2)27-26(31)21(4)28(18-22-11-8-13-24(17-22)34-5)25(30)14-9-15-29(35(6,32)33)23-12-7-10-20(3)16-23/h7-8,10-13,16-17,19,21H,9,14-15,18H2,1-6H3,(H,27,31)/t21-/m0/s1. The molecule has 0 bridgehead atoms. The van der Waals surface area contributed by atoms with Crippen LogP contribution in [0.25, 0.3) is 0 Å². The average molecular weight is 504 g/mol. The van der Waals surface area contributed by atoms with E-state index in [1.165, 1.54) is 9.21 Å². The molecule has 35 heavy (non-hydrogen) atoms. The van der Waals surface area contributed by atoms with Crippen LogP contribution in [0, 0.1) is 6.92 Å². The summed E-state index contributed by atoms with van der Waals surface area (Å²) in [5.74, 6) is 0.196. The maximum atomic E-state index is 13.3. The Balaban J connectivity index is 2.19. The Morgan fingerprint density at radius 3 is 2.34 bits per heavy atom. The van der Waals surface area contributed by atoms with Gasteiger partial charge in [0.1, 0.15) is 11.8 Å². The molecule has 1 atom stereocenters. The Morgan fingerprint density at radius 2 is 1.74 bits per heavy atom. The highest BCUT2D eigenvalue weighted by Gasteiger charge is 2.27. The molecule has 1 N–H and O–H groups in total. The second kappa shape index (κ2) is 12.6. The lowest BCUT2D eigenvalue weighted by atomic mass is 10.1. The molecule has 2 aromatic carbocycles. The number of rotatable bonds is 12. The quantitative estimate of drug-likeness (QED) is 0.478. The number of anilines is 1. The number of carbonyl (C=O) groups is 2. The SMILES string of the molecule is COc1cccc(CN(C(=O)CCCN(c2cccc(C)c2)S(C)(=O)=O)[C@@H](C)C(=O)NC(C)C)c1. The van der Waals surface area contributed by atoms with Crippen molar-refractivity contribution in [1.82, 2.24) is 10.2 Å². The molecule has 8 nitrogen and oxygen atoms in total. The van der Waals surface area contributed by atoms with Gasteiger partial charge in [-0.05, 0) is 69.5 Å². The number of sulfonamides is 1. The molecule has 2 amide bonds. The van der Waals surface area contributed by atoms with E-state index in [0.29, 0.717) is 17.9 Å². The van der Waals surface area contributed by atoms with Gasteiger partial charge in [0, 0.05) is 25.6 Å². The fraction of sp³-hybridized carbons (Fsp3) is 0.462. The van der Waals surface area contributed by atoms with Crippen LogP contribution in [0.3, 0.4) is 0 Å². The molecule has 192 valence electrons.